The molecule has 1 heterocycles. The molecule has 1 aliphatic rings. The smallest absolute Gasteiger partial charge is 0.125 e. The van der Waals surface area contributed by atoms with E-state index in [-0.39, 0.29) is 11.9 Å². The molecule has 1 aliphatic heterocycles. The predicted molar refractivity (Wildman–Crippen MR) is 109 cm³/mol. The summed E-state index contributed by atoms with van der Waals surface area (Å²) in [7, 11) is 3.29. The lowest BCUT2D eigenvalue weighted by Crippen LogP contribution is -2.18. The van der Waals surface area contributed by atoms with E-state index >= 15 is 0 Å². The number of ether oxygens (including phenoxy) is 2. The van der Waals surface area contributed by atoms with Gasteiger partial charge in [0.2, 0.25) is 0 Å². The third-order valence-corrected chi connectivity index (χ3v) is 4.91. The summed E-state index contributed by atoms with van der Waals surface area (Å²) in [5, 5.41) is 6.73. The number of methoxy groups -OCH3 is 2. The van der Waals surface area contributed by atoms with Crippen LogP contribution in [0.3, 0.4) is 0 Å². The van der Waals surface area contributed by atoms with Crippen LogP contribution in [0.15, 0.2) is 77.9 Å². The number of nitrogens with zero attached hydrogens (tertiary/aromatic N) is 2. The second kappa shape index (κ2) is 7.72. The average molecular weight is 376 g/mol. The van der Waals surface area contributed by atoms with Crippen molar-refractivity contribution in [3.63, 3.8) is 0 Å². The van der Waals surface area contributed by atoms with Gasteiger partial charge in [-0.1, -0.05) is 18.2 Å². The normalized spacial score (nSPS) is 16.0. The SMILES string of the molecule is COc1ccc(C2=NN(c3cccc(F)c3)[C@@H](c3ccc(OC)cc3)C2)cc1. The van der Waals surface area contributed by atoms with Crippen LogP contribution in [-0.2, 0) is 0 Å². The Bertz CT molecular complexity index is 984. The highest BCUT2D eigenvalue weighted by Gasteiger charge is 2.30. The molecule has 0 spiro atoms. The van der Waals surface area contributed by atoms with Crippen LogP contribution < -0.4 is 14.5 Å². The first-order chi connectivity index (χ1) is 13.7. The maximum Gasteiger partial charge on any atom is 0.125 e. The zero-order valence-electron chi connectivity index (χ0n) is 15.8. The Morgan fingerprint density at radius 2 is 1.54 bits per heavy atom. The molecule has 0 N–H and O–H groups in total. The molecule has 1 atom stereocenters. The molecule has 0 saturated heterocycles. The first-order valence-corrected chi connectivity index (χ1v) is 9.08. The van der Waals surface area contributed by atoms with E-state index in [0.29, 0.717) is 0 Å². The van der Waals surface area contributed by atoms with Gasteiger partial charge in [-0.25, -0.2) is 4.39 Å². The lowest BCUT2D eigenvalue weighted by Gasteiger charge is -2.24. The van der Waals surface area contributed by atoms with Gasteiger partial charge in [0, 0.05) is 6.42 Å². The molecule has 4 rings (SSSR count). The number of anilines is 1. The van der Waals surface area contributed by atoms with Crippen molar-refractivity contribution in [2.45, 2.75) is 12.5 Å². The van der Waals surface area contributed by atoms with Crippen molar-refractivity contribution in [1.82, 2.24) is 0 Å². The molecule has 3 aromatic carbocycles. The number of benzene rings is 3. The largest absolute Gasteiger partial charge is 0.497 e. The molecule has 0 aliphatic carbocycles. The van der Waals surface area contributed by atoms with Crippen molar-refractivity contribution in [2.24, 2.45) is 5.10 Å². The van der Waals surface area contributed by atoms with E-state index in [0.717, 1.165) is 40.4 Å². The molecule has 0 aromatic heterocycles. The average Bonchev–Trinajstić information content (AvgIpc) is 3.19. The first kappa shape index (κ1) is 18.0. The minimum absolute atomic E-state index is 0.0233. The fraction of sp³-hybridized carbons (Fsp3) is 0.174. The van der Waals surface area contributed by atoms with Crippen LogP contribution in [0, 0.1) is 5.82 Å². The molecule has 28 heavy (non-hydrogen) atoms. The highest BCUT2D eigenvalue weighted by atomic mass is 19.1. The highest BCUT2D eigenvalue weighted by molar-refractivity contribution is 6.03. The molecule has 5 heteroatoms. The molecule has 0 unspecified atom stereocenters. The number of hydrazone groups is 1. The van der Waals surface area contributed by atoms with Gasteiger partial charge in [-0.05, 0) is 65.7 Å². The second-order valence-corrected chi connectivity index (χ2v) is 6.59. The summed E-state index contributed by atoms with van der Waals surface area (Å²) in [5.41, 5.74) is 3.80. The fourth-order valence-corrected chi connectivity index (χ4v) is 3.41. The minimum atomic E-state index is -0.279. The highest BCUT2D eigenvalue weighted by Crippen LogP contribution is 2.37. The van der Waals surface area contributed by atoms with Crippen LogP contribution in [-0.4, -0.2) is 19.9 Å². The van der Waals surface area contributed by atoms with Gasteiger partial charge in [0.25, 0.3) is 0 Å². The van der Waals surface area contributed by atoms with Crippen LogP contribution in [0.5, 0.6) is 11.5 Å². The quantitative estimate of drug-likeness (QED) is 0.614. The van der Waals surface area contributed by atoms with Gasteiger partial charge in [-0.15, -0.1) is 0 Å². The molecular formula is C23H21FN2O2. The first-order valence-electron chi connectivity index (χ1n) is 9.08. The van der Waals surface area contributed by atoms with E-state index < -0.39 is 0 Å². The summed E-state index contributed by atoms with van der Waals surface area (Å²) in [5.74, 6) is 1.32. The summed E-state index contributed by atoms with van der Waals surface area (Å²) < 4.78 is 24.4. The number of rotatable bonds is 5. The summed E-state index contributed by atoms with van der Waals surface area (Å²) in [6.45, 7) is 0. The summed E-state index contributed by atoms with van der Waals surface area (Å²) in [6, 6.07) is 22.3. The monoisotopic (exact) mass is 376 g/mol. The molecule has 142 valence electrons. The second-order valence-electron chi connectivity index (χ2n) is 6.59. The number of hydrogen-bond acceptors (Lipinski definition) is 4. The van der Waals surface area contributed by atoms with Crippen molar-refractivity contribution < 1.29 is 13.9 Å². The molecule has 0 fully saturated rings. The van der Waals surface area contributed by atoms with Crippen molar-refractivity contribution >= 4 is 11.4 Å². The van der Waals surface area contributed by atoms with Gasteiger partial charge in [-0.3, -0.25) is 5.01 Å². The Morgan fingerprint density at radius 1 is 0.893 bits per heavy atom. The van der Waals surface area contributed by atoms with Crippen LogP contribution in [0.2, 0.25) is 0 Å². The molecule has 0 amide bonds. The van der Waals surface area contributed by atoms with Crippen LogP contribution in [0.4, 0.5) is 10.1 Å². The van der Waals surface area contributed by atoms with Crippen LogP contribution in [0.1, 0.15) is 23.6 Å². The lowest BCUT2D eigenvalue weighted by atomic mass is 9.98. The van der Waals surface area contributed by atoms with Crippen LogP contribution in [0.25, 0.3) is 0 Å². The van der Waals surface area contributed by atoms with Crippen molar-refractivity contribution in [3.05, 3.63) is 89.7 Å². The van der Waals surface area contributed by atoms with Crippen molar-refractivity contribution in [3.8, 4) is 11.5 Å². The zero-order chi connectivity index (χ0) is 19.5. The Labute approximate surface area is 163 Å². The van der Waals surface area contributed by atoms with Gasteiger partial charge in [0.05, 0.1) is 31.7 Å². The van der Waals surface area contributed by atoms with Crippen molar-refractivity contribution in [1.29, 1.82) is 0 Å². The van der Waals surface area contributed by atoms with E-state index in [1.807, 2.05) is 59.6 Å². The standard InChI is InChI=1S/C23H21FN2O2/c1-27-20-10-6-16(7-11-20)22-15-23(17-8-12-21(28-2)13-9-17)26(25-22)19-5-3-4-18(24)14-19/h3-14,23H,15H2,1-2H3/t23-/m1/s1. The van der Waals surface area contributed by atoms with Gasteiger partial charge >= 0.3 is 0 Å². The predicted octanol–water partition coefficient (Wildman–Crippen LogP) is 5.20. The number of halogens is 1. The lowest BCUT2D eigenvalue weighted by molar-refractivity contribution is 0.414. The maximum atomic E-state index is 13.8. The summed E-state index contributed by atoms with van der Waals surface area (Å²) >= 11 is 0. The van der Waals surface area contributed by atoms with E-state index in [9.17, 15) is 4.39 Å². The van der Waals surface area contributed by atoms with Crippen LogP contribution >= 0.6 is 0 Å². The molecule has 0 saturated carbocycles. The molecule has 3 aromatic rings. The van der Waals surface area contributed by atoms with E-state index in [4.69, 9.17) is 14.6 Å². The van der Waals surface area contributed by atoms with E-state index in [1.54, 1.807) is 20.3 Å². The Kier molecular flexibility index (Phi) is 4.98. The van der Waals surface area contributed by atoms with E-state index in [2.05, 4.69) is 0 Å². The molecule has 0 radical (unpaired) electrons. The Balaban J connectivity index is 1.71. The topological polar surface area (TPSA) is 34.1 Å². The number of hydrogen-bond donors (Lipinski definition) is 0. The molecule has 4 nitrogen and oxygen atoms in total. The third-order valence-electron chi connectivity index (χ3n) is 4.91. The molecule has 0 bridgehead atoms. The van der Waals surface area contributed by atoms with Gasteiger partial charge in [0.15, 0.2) is 0 Å². The fourth-order valence-electron chi connectivity index (χ4n) is 3.41. The summed E-state index contributed by atoms with van der Waals surface area (Å²) in [6.07, 6.45) is 0.717. The Hall–Kier alpha value is -3.34. The zero-order valence-corrected chi connectivity index (χ0v) is 15.8. The Morgan fingerprint density at radius 3 is 2.14 bits per heavy atom. The molecular weight excluding hydrogens is 355 g/mol. The van der Waals surface area contributed by atoms with Gasteiger partial charge in [-0.2, -0.15) is 5.10 Å². The minimum Gasteiger partial charge on any atom is -0.497 e. The maximum absolute atomic E-state index is 13.8. The van der Waals surface area contributed by atoms with Gasteiger partial charge < -0.3 is 9.47 Å². The van der Waals surface area contributed by atoms with Crippen molar-refractivity contribution in [2.75, 3.05) is 19.2 Å². The third kappa shape index (κ3) is 3.56. The van der Waals surface area contributed by atoms with Gasteiger partial charge in [0.1, 0.15) is 17.3 Å². The van der Waals surface area contributed by atoms with E-state index in [1.165, 1.54) is 12.1 Å². The summed E-state index contributed by atoms with van der Waals surface area (Å²) in [4.78, 5) is 0.